The Bertz CT molecular complexity index is 2700. The summed E-state index contributed by atoms with van der Waals surface area (Å²) in [5.74, 6) is -2.76. The van der Waals surface area contributed by atoms with Gasteiger partial charge < -0.3 is 43.7 Å². The van der Waals surface area contributed by atoms with Gasteiger partial charge in [0.15, 0.2) is 11.6 Å². The second-order valence-corrected chi connectivity index (χ2v) is 37.1. The van der Waals surface area contributed by atoms with Crippen LogP contribution in [0.5, 0.6) is 0 Å². The van der Waals surface area contributed by atoms with Crippen LogP contribution in [0.2, 0.25) is 51.4 Å². The Kier molecular flexibility index (Phi) is 32.0. The molecule has 0 saturated carbocycles. The van der Waals surface area contributed by atoms with Crippen LogP contribution in [-0.2, 0) is 28.4 Å². The van der Waals surface area contributed by atoms with Crippen molar-refractivity contribution in [2.45, 2.75) is 203 Å². The van der Waals surface area contributed by atoms with Crippen LogP contribution in [-0.4, -0.2) is 111 Å². The standard InChI is InChI=1S/C29H46O4Si.C28H44O5Si.2C7H6O2.CH4.H2/c1-10-21(2)13-11-15-25-26(33-29(5,6)32-25)16-12-14-24-20-22(3)19-23(4)27(24)28(30)31-17-18-34(7,8)9;1-20(19-29)11-9-13-24-25(33-28(4,5)32-24)14-10-12-23-18-21(2)17-22(3)26(23)27(30)31-15-16-34(6,7)8;2*8-7(9)6-4-2-1-3-5-6;;/h11-14,19-21,25-26H,10,15-18H2,1-9H3;9-12,17-18,20,24-25,29H,13-16,19H2,1-8H3;2*1-5H,(H,8,9);1H4;1H/b13-11-,14-12+;11-9-,12-10+;;;;/t21-,25-,26?;20-,24+,25?;;;;/m10..../s1/i;;;;;1+1D. The first-order valence-electron chi connectivity index (χ1n) is 31.4. The Morgan fingerprint density at radius 3 is 1.17 bits per heavy atom. The van der Waals surface area contributed by atoms with E-state index in [0.717, 1.165) is 71.2 Å². The van der Waals surface area contributed by atoms with Crippen molar-refractivity contribution < 1.29 is 65.9 Å². The van der Waals surface area contributed by atoms with Crippen molar-refractivity contribution in [3.05, 3.63) is 177 Å². The molecule has 0 amide bonds. The summed E-state index contributed by atoms with van der Waals surface area (Å²) in [4.78, 5) is 46.3. The molecule has 87 heavy (non-hydrogen) atoms. The van der Waals surface area contributed by atoms with Gasteiger partial charge in [-0.3, -0.25) is 0 Å². The number of ether oxygens (including phenoxy) is 6. The number of carboxylic acid groups (broad SMARTS) is 2. The van der Waals surface area contributed by atoms with E-state index in [1.807, 2.05) is 91.8 Å². The Morgan fingerprint density at radius 1 is 0.563 bits per heavy atom. The lowest BCUT2D eigenvalue weighted by Gasteiger charge is -2.17. The van der Waals surface area contributed by atoms with Gasteiger partial charge in [0, 0.05) is 25.7 Å². The van der Waals surface area contributed by atoms with Gasteiger partial charge in [0.2, 0.25) is 0 Å². The molecule has 6 rings (SSSR count). The SMILES string of the molecule is C.CC[C@@H](C)/C=C\C[C@H]1OC(C)(C)OC1C/C=C/c1cc(C)cc(C)c1C(=O)OCC[Si](C)(C)C.Cc1cc(C)c(C(=O)OCC[Si](C)(C)C)c(/C=C/CC2OC(C)(C)O[C@@H]2C/C=C\[C@H](C)CO)c1.O=C(O)c1ccccc1.O=C(O)c1ccccc1.[2H][2H]. The number of hydrogen-bond donors (Lipinski definition) is 3. The van der Waals surface area contributed by atoms with Crippen molar-refractivity contribution >= 4 is 52.2 Å². The number of aliphatic hydroxyl groups is 1. The summed E-state index contributed by atoms with van der Waals surface area (Å²) in [7, 11) is -2.52. The first-order chi connectivity index (χ1) is 41.2. The lowest BCUT2D eigenvalue weighted by atomic mass is 9.97. The van der Waals surface area contributed by atoms with Crippen LogP contribution < -0.4 is 0 Å². The van der Waals surface area contributed by atoms with E-state index in [1.165, 1.54) is 0 Å². The lowest BCUT2D eigenvalue weighted by molar-refractivity contribution is -0.146. The average molecular weight is 1240 g/mol. The number of aliphatic hydroxyl groups excluding tert-OH is 1. The molecule has 0 radical (unpaired) electrons. The normalized spacial score (nSPS) is 18.7. The number of hydrogen-bond acceptors (Lipinski definition) is 11. The Balaban J connectivity index is 0.000000672. The van der Waals surface area contributed by atoms with Crippen LogP contribution in [0.15, 0.2) is 121 Å². The summed E-state index contributed by atoms with van der Waals surface area (Å²) in [6.45, 7) is 37.0. The van der Waals surface area contributed by atoms with Crippen molar-refractivity contribution in [1.82, 2.24) is 0 Å². The van der Waals surface area contributed by atoms with Gasteiger partial charge in [-0.2, -0.15) is 0 Å². The van der Waals surface area contributed by atoms with Crippen LogP contribution in [0, 0.1) is 39.5 Å². The van der Waals surface area contributed by atoms with Crippen molar-refractivity contribution in [3.8, 4) is 0 Å². The molecule has 482 valence electrons. The van der Waals surface area contributed by atoms with Crippen molar-refractivity contribution in [2.24, 2.45) is 11.8 Å². The maximum atomic E-state index is 12.9. The van der Waals surface area contributed by atoms with E-state index < -0.39 is 39.7 Å². The van der Waals surface area contributed by atoms with Crippen molar-refractivity contribution in [2.75, 3.05) is 19.8 Å². The molecular formula is C72H108O13Si2. The van der Waals surface area contributed by atoms with Gasteiger partial charge in [0.1, 0.15) is 0 Å². The fraction of sp³-hybridized carbons (Fsp3) is 0.500. The van der Waals surface area contributed by atoms with Crippen LogP contribution in [0.25, 0.3) is 12.2 Å². The molecule has 4 aromatic carbocycles. The average Bonchev–Trinajstić information content (AvgIpc) is 1.86. The largest absolute Gasteiger partial charge is 0.478 e. The molecule has 2 aliphatic heterocycles. The maximum absolute atomic E-state index is 12.9. The van der Waals surface area contributed by atoms with Gasteiger partial charge >= 0.3 is 23.9 Å². The van der Waals surface area contributed by atoms with E-state index in [-0.39, 0.29) is 56.3 Å². The number of carbonyl (C=O) groups is 4. The zero-order valence-electron chi connectivity index (χ0n) is 56.7. The molecule has 0 bridgehead atoms. The number of benzene rings is 4. The number of rotatable bonds is 24. The van der Waals surface area contributed by atoms with Gasteiger partial charge in [-0.05, 0) is 152 Å². The maximum Gasteiger partial charge on any atom is 0.338 e. The van der Waals surface area contributed by atoms with Gasteiger partial charge in [-0.15, -0.1) is 0 Å². The van der Waals surface area contributed by atoms with E-state index >= 15 is 0 Å². The third-order valence-corrected chi connectivity index (χ3v) is 17.5. The minimum Gasteiger partial charge on any atom is -0.478 e. The zero-order chi connectivity index (χ0) is 66.4. The Hall–Kier alpha value is -6.05. The van der Waals surface area contributed by atoms with Crippen LogP contribution in [0.4, 0.5) is 0 Å². The smallest absolute Gasteiger partial charge is 0.338 e. The van der Waals surface area contributed by atoms with E-state index in [0.29, 0.717) is 47.8 Å². The molecule has 6 atom stereocenters. The minimum atomic E-state index is -1.27. The molecule has 2 fully saturated rings. The highest BCUT2D eigenvalue weighted by Gasteiger charge is 2.41. The summed E-state index contributed by atoms with van der Waals surface area (Å²) in [5.41, 5.74) is 7.86. The number of carboxylic acids is 2. The molecule has 2 saturated heterocycles. The first kappa shape index (κ1) is 75.2. The number of carbonyl (C=O) groups excluding carboxylic acids is 2. The molecule has 15 heteroatoms. The lowest BCUT2D eigenvalue weighted by Crippen LogP contribution is -2.23. The van der Waals surface area contributed by atoms with Crippen molar-refractivity contribution in [3.63, 3.8) is 0 Å². The monoisotopic (exact) mass is 1240 g/mol. The van der Waals surface area contributed by atoms with E-state index in [9.17, 15) is 24.3 Å². The van der Waals surface area contributed by atoms with Crippen LogP contribution >= 0.6 is 0 Å². The molecule has 0 spiro atoms. The fourth-order valence-corrected chi connectivity index (χ4v) is 10.8. The van der Waals surface area contributed by atoms with Gasteiger partial charge in [0.05, 0.1) is 59.9 Å². The van der Waals surface area contributed by atoms with Crippen LogP contribution in [0.3, 0.4) is 0 Å². The highest BCUT2D eigenvalue weighted by Crippen LogP contribution is 2.34. The molecule has 0 aliphatic carbocycles. The summed E-state index contributed by atoms with van der Waals surface area (Å²) in [5, 5.41) is 26.0. The first-order valence-corrected chi connectivity index (χ1v) is 37.8. The fourth-order valence-electron chi connectivity index (χ4n) is 9.39. The quantitative estimate of drug-likeness (QED) is 0.0342. The molecule has 2 unspecified atom stereocenters. The van der Waals surface area contributed by atoms with Gasteiger partial charge in [-0.25, -0.2) is 19.2 Å². The second kappa shape index (κ2) is 37.1. The second-order valence-electron chi connectivity index (χ2n) is 25.9. The number of esters is 2. The van der Waals surface area contributed by atoms with E-state index in [1.54, 1.807) is 60.7 Å². The van der Waals surface area contributed by atoms with Crippen LogP contribution in [0.1, 0.15) is 166 Å². The molecule has 2 heterocycles. The summed E-state index contributed by atoms with van der Waals surface area (Å²) < 4.78 is 46.0. The molecule has 2 aliphatic rings. The third kappa shape index (κ3) is 29.7. The predicted molar refractivity (Wildman–Crippen MR) is 363 cm³/mol. The summed E-state index contributed by atoms with van der Waals surface area (Å²) >= 11 is 0. The Labute approximate surface area is 527 Å². The third-order valence-electron chi connectivity index (χ3n) is 14.1. The molecular weight excluding hydrogens is 1130 g/mol. The van der Waals surface area contributed by atoms with Gasteiger partial charge in [0.25, 0.3) is 0 Å². The Morgan fingerprint density at radius 2 is 0.885 bits per heavy atom. The summed E-state index contributed by atoms with van der Waals surface area (Å²) in [6.07, 6.45) is 20.7. The van der Waals surface area contributed by atoms with E-state index in [2.05, 4.69) is 96.5 Å². The van der Waals surface area contributed by atoms with Crippen molar-refractivity contribution in [1.29, 1.82) is 0 Å². The number of allylic oxidation sites excluding steroid dienone is 1. The molecule has 4 aromatic rings. The molecule has 0 aromatic heterocycles. The summed E-state index contributed by atoms with van der Waals surface area (Å²) in [6, 6.07) is 26.7. The van der Waals surface area contributed by atoms with Gasteiger partial charge in [-0.1, -0.05) is 194 Å². The topological polar surface area (TPSA) is 184 Å². The predicted octanol–water partition coefficient (Wildman–Crippen LogP) is 17.7. The zero-order valence-corrected chi connectivity index (χ0v) is 56.7. The van der Waals surface area contributed by atoms with E-state index in [4.69, 9.17) is 41.6 Å². The number of aryl methyl sites for hydroxylation is 4. The molecule has 3 N–H and O–H groups in total. The highest BCUT2D eigenvalue weighted by molar-refractivity contribution is 6.76. The highest BCUT2D eigenvalue weighted by atomic mass is 28.3. The minimum absolute atomic E-state index is 0. The number of aromatic carboxylic acids is 2. The molecule has 13 nitrogen and oxygen atoms in total.